The molecule has 0 radical (unpaired) electrons. The summed E-state index contributed by atoms with van der Waals surface area (Å²) in [5, 5.41) is 0. The molecule has 90 valence electrons. The van der Waals surface area contributed by atoms with E-state index in [1.54, 1.807) is 0 Å². The average molecular weight is 229 g/mol. The van der Waals surface area contributed by atoms with E-state index in [9.17, 15) is 0 Å². The van der Waals surface area contributed by atoms with Gasteiger partial charge < -0.3 is 10.3 Å². The molecule has 0 aliphatic heterocycles. The molecule has 1 aromatic heterocycles. The van der Waals surface area contributed by atoms with E-state index in [0.29, 0.717) is 0 Å². The summed E-state index contributed by atoms with van der Waals surface area (Å²) >= 11 is 0. The molecule has 2 rings (SSSR count). The van der Waals surface area contributed by atoms with Gasteiger partial charge in [0.15, 0.2) is 0 Å². The average Bonchev–Trinajstić information content (AvgIpc) is 2.61. The zero-order valence-corrected chi connectivity index (χ0v) is 10.6. The number of imidazole rings is 1. The highest BCUT2D eigenvalue weighted by Crippen LogP contribution is 2.18. The van der Waals surface area contributed by atoms with Gasteiger partial charge in [0.1, 0.15) is 0 Å². The highest BCUT2D eigenvalue weighted by molar-refractivity contribution is 5.28. The first-order chi connectivity index (χ1) is 8.09. The fraction of sp³-hybridized carbons (Fsp3) is 0.357. The summed E-state index contributed by atoms with van der Waals surface area (Å²) in [5.74, 6) is 0. The van der Waals surface area contributed by atoms with Crippen molar-refractivity contribution in [3.63, 3.8) is 0 Å². The minimum Gasteiger partial charge on any atom is -0.333 e. The van der Waals surface area contributed by atoms with Crippen molar-refractivity contribution in [1.82, 2.24) is 9.55 Å². The molecule has 3 nitrogen and oxygen atoms in total. The number of aryl methyl sites for hydroxylation is 2. The zero-order valence-electron chi connectivity index (χ0n) is 10.6. The van der Waals surface area contributed by atoms with Gasteiger partial charge in [0.25, 0.3) is 0 Å². The number of nitrogens with zero attached hydrogens (tertiary/aromatic N) is 2. The SMILES string of the molecule is Cc1ccccc1C(N)Cn1cnc(C)c1C. The maximum absolute atomic E-state index is 6.26. The van der Waals surface area contributed by atoms with Crippen molar-refractivity contribution in [2.75, 3.05) is 0 Å². The van der Waals surface area contributed by atoms with Gasteiger partial charge in [0.05, 0.1) is 12.0 Å². The van der Waals surface area contributed by atoms with E-state index >= 15 is 0 Å². The van der Waals surface area contributed by atoms with Gasteiger partial charge in [-0.15, -0.1) is 0 Å². The van der Waals surface area contributed by atoms with Crippen LogP contribution < -0.4 is 5.73 Å². The van der Waals surface area contributed by atoms with E-state index in [2.05, 4.69) is 35.5 Å². The van der Waals surface area contributed by atoms with Gasteiger partial charge in [0.2, 0.25) is 0 Å². The Balaban J connectivity index is 2.20. The van der Waals surface area contributed by atoms with Crippen LogP contribution in [0.15, 0.2) is 30.6 Å². The van der Waals surface area contributed by atoms with Crippen LogP contribution in [0.3, 0.4) is 0 Å². The van der Waals surface area contributed by atoms with E-state index in [0.717, 1.165) is 12.2 Å². The van der Waals surface area contributed by atoms with Crippen molar-refractivity contribution in [3.05, 3.63) is 53.1 Å². The van der Waals surface area contributed by atoms with Gasteiger partial charge in [-0.25, -0.2) is 4.98 Å². The van der Waals surface area contributed by atoms with Gasteiger partial charge in [-0.05, 0) is 31.9 Å². The molecule has 1 aromatic carbocycles. The second-order valence-electron chi connectivity index (χ2n) is 4.53. The van der Waals surface area contributed by atoms with Crippen molar-refractivity contribution in [2.24, 2.45) is 5.73 Å². The van der Waals surface area contributed by atoms with Crippen molar-refractivity contribution < 1.29 is 0 Å². The molecule has 17 heavy (non-hydrogen) atoms. The van der Waals surface area contributed by atoms with Crippen LogP contribution in [-0.4, -0.2) is 9.55 Å². The molecule has 1 atom stereocenters. The summed E-state index contributed by atoms with van der Waals surface area (Å²) in [6.07, 6.45) is 1.86. The molecule has 1 unspecified atom stereocenters. The second-order valence-corrected chi connectivity index (χ2v) is 4.53. The summed E-state index contributed by atoms with van der Waals surface area (Å²) < 4.78 is 2.12. The Bertz CT molecular complexity index is 514. The molecular weight excluding hydrogens is 210 g/mol. The number of aromatic nitrogens is 2. The Kier molecular flexibility index (Phi) is 3.29. The molecule has 1 heterocycles. The van der Waals surface area contributed by atoms with Crippen molar-refractivity contribution in [2.45, 2.75) is 33.4 Å². The Morgan fingerprint density at radius 1 is 1.24 bits per heavy atom. The van der Waals surface area contributed by atoms with Crippen LogP contribution in [-0.2, 0) is 6.54 Å². The Morgan fingerprint density at radius 2 is 1.94 bits per heavy atom. The van der Waals surface area contributed by atoms with Crippen LogP contribution in [0, 0.1) is 20.8 Å². The van der Waals surface area contributed by atoms with Crippen LogP contribution in [0.2, 0.25) is 0 Å². The van der Waals surface area contributed by atoms with Gasteiger partial charge in [-0.3, -0.25) is 0 Å². The second kappa shape index (κ2) is 4.72. The predicted molar refractivity (Wildman–Crippen MR) is 69.8 cm³/mol. The third-order valence-electron chi connectivity index (χ3n) is 3.33. The van der Waals surface area contributed by atoms with Gasteiger partial charge in [-0.1, -0.05) is 24.3 Å². The highest BCUT2D eigenvalue weighted by atomic mass is 15.1. The normalized spacial score (nSPS) is 12.7. The Hall–Kier alpha value is -1.61. The lowest BCUT2D eigenvalue weighted by molar-refractivity contribution is 0.564. The topological polar surface area (TPSA) is 43.8 Å². The molecule has 2 aromatic rings. The lowest BCUT2D eigenvalue weighted by Gasteiger charge is -2.16. The maximum Gasteiger partial charge on any atom is 0.0952 e. The first-order valence-corrected chi connectivity index (χ1v) is 5.89. The standard InChI is InChI=1S/C14H19N3/c1-10-6-4-5-7-13(10)14(15)8-17-9-16-11(2)12(17)3/h4-7,9,14H,8,15H2,1-3H3. The number of benzene rings is 1. The number of hydrogen-bond donors (Lipinski definition) is 1. The molecule has 0 saturated carbocycles. The third-order valence-corrected chi connectivity index (χ3v) is 3.33. The number of hydrogen-bond acceptors (Lipinski definition) is 2. The molecular formula is C14H19N3. The van der Waals surface area contributed by atoms with Gasteiger partial charge in [-0.2, -0.15) is 0 Å². The monoisotopic (exact) mass is 229 g/mol. The van der Waals surface area contributed by atoms with E-state index < -0.39 is 0 Å². The van der Waals surface area contributed by atoms with Crippen LogP contribution >= 0.6 is 0 Å². The van der Waals surface area contributed by atoms with E-state index in [1.807, 2.05) is 25.4 Å². The largest absolute Gasteiger partial charge is 0.333 e. The number of nitrogens with two attached hydrogens (primary N) is 1. The highest BCUT2D eigenvalue weighted by Gasteiger charge is 2.11. The fourth-order valence-electron chi connectivity index (χ4n) is 2.04. The maximum atomic E-state index is 6.26. The third kappa shape index (κ3) is 2.39. The smallest absolute Gasteiger partial charge is 0.0952 e. The fourth-order valence-corrected chi connectivity index (χ4v) is 2.04. The molecule has 0 aliphatic rings. The van der Waals surface area contributed by atoms with Gasteiger partial charge >= 0.3 is 0 Å². The molecule has 0 amide bonds. The molecule has 0 bridgehead atoms. The molecule has 0 aliphatic carbocycles. The van der Waals surface area contributed by atoms with E-state index in [4.69, 9.17) is 5.73 Å². The summed E-state index contributed by atoms with van der Waals surface area (Å²) in [7, 11) is 0. The van der Waals surface area contributed by atoms with Crippen molar-refractivity contribution in [3.8, 4) is 0 Å². The Labute approximate surface area is 102 Å². The van der Waals surface area contributed by atoms with Gasteiger partial charge in [0, 0.05) is 18.3 Å². The minimum atomic E-state index is 0.0171. The summed E-state index contributed by atoms with van der Waals surface area (Å²) in [6.45, 7) is 6.97. The van der Waals surface area contributed by atoms with Crippen LogP contribution in [0.1, 0.15) is 28.6 Å². The lowest BCUT2D eigenvalue weighted by atomic mass is 10.0. The summed E-state index contributed by atoms with van der Waals surface area (Å²) in [6, 6.07) is 8.29. The lowest BCUT2D eigenvalue weighted by Crippen LogP contribution is -2.18. The summed E-state index contributed by atoms with van der Waals surface area (Å²) in [4.78, 5) is 4.29. The quantitative estimate of drug-likeness (QED) is 0.878. The molecule has 3 heteroatoms. The van der Waals surface area contributed by atoms with Crippen LogP contribution in [0.5, 0.6) is 0 Å². The minimum absolute atomic E-state index is 0.0171. The Morgan fingerprint density at radius 3 is 2.53 bits per heavy atom. The first-order valence-electron chi connectivity index (χ1n) is 5.89. The molecule has 0 fully saturated rings. The van der Waals surface area contributed by atoms with E-state index in [1.165, 1.54) is 16.8 Å². The van der Waals surface area contributed by atoms with Crippen LogP contribution in [0.25, 0.3) is 0 Å². The van der Waals surface area contributed by atoms with Crippen molar-refractivity contribution in [1.29, 1.82) is 0 Å². The first kappa shape index (κ1) is 11.9. The molecule has 0 spiro atoms. The zero-order chi connectivity index (χ0) is 12.4. The van der Waals surface area contributed by atoms with Crippen LogP contribution in [0.4, 0.5) is 0 Å². The molecule has 2 N–H and O–H groups in total. The summed E-state index contributed by atoms with van der Waals surface area (Å²) in [5.41, 5.74) is 11.0. The predicted octanol–water partition coefficient (Wildman–Crippen LogP) is 2.51. The molecule has 0 saturated heterocycles. The van der Waals surface area contributed by atoms with Crippen molar-refractivity contribution >= 4 is 0 Å². The van der Waals surface area contributed by atoms with E-state index in [-0.39, 0.29) is 6.04 Å². The number of rotatable bonds is 3.